The number of terminal acetylenes is 1. The maximum Gasteiger partial charge on any atom is 0.171 e. The van der Waals surface area contributed by atoms with Gasteiger partial charge in [0, 0.05) is 5.56 Å². The van der Waals surface area contributed by atoms with Crippen LogP contribution >= 0.6 is 0 Å². The first-order valence-corrected chi connectivity index (χ1v) is 4.31. The van der Waals surface area contributed by atoms with Crippen LogP contribution in [0, 0.1) is 12.3 Å². The molecule has 1 atom stereocenters. The number of aliphatic hydroxyl groups excluding tert-OH is 1. The molecule has 2 nitrogen and oxygen atoms in total. The van der Waals surface area contributed by atoms with E-state index in [0.717, 1.165) is 6.54 Å². The van der Waals surface area contributed by atoms with E-state index in [-0.39, 0.29) is 12.6 Å². The van der Waals surface area contributed by atoms with E-state index in [1.54, 1.807) is 0 Å². The standard InChI is InChI=1S/C11H13NO/c1-2-11(9-13)12-8-10-6-4-3-5-7-10/h1,3-7,11-13H,8-9H2/p+1/t11-/m1/s1. The number of rotatable bonds is 4. The zero-order valence-corrected chi connectivity index (χ0v) is 7.48. The van der Waals surface area contributed by atoms with Gasteiger partial charge in [-0.2, -0.15) is 0 Å². The van der Waals surface area contributed by atoms with Crippen molar-refractivity contribution >= 4 is 0 Å². The van der Waals surface area contributed by atoms with E-state index in [4.69, 9.17) is 11.5 Å². The lowest BCUT2D eigenvalue weighted by molar-refractivity contribution is -0.693. The number of benzene rings is 1. The molecule has 68 valence electrons. The lowest BCUT2D eigenvalue weighted by Crippen LogP contribution is -2.89. The van der Waals surface area contributed by atoms with Crippen LogP contribution in [-0.2, 0) is 6.54 Å². The lowest BCUT2D eigenvalue weighted by atomic mass is 10.2. The fraction of sp³-hybridized carbons (Fsp3) is 0.273. The summed E-state index contributed by atoms with van der Waals surface area (Å²) in [7, 11) is 0. The summed E-state index contributed by atoms with van der Waals surface area (Å²) < 4.78 is 0. The average Bonchev–Trinajstić information content (AvgIpc) is 2.21. The first-order chi connectivity index (χ1) is 6.36. The Morgan fingerprint density at radius 3 is 2.62 bits per heavy atom. The fourth-order valence-corrected chi connectivity index (χ4v) is 1.09. The Morgan fingerprint density at radius 1 is 1.38 bits per heavy atom. The second kappa shape index (κ2) is 5.36. The molecule has 0 aliphatic rings. The molecular weight excluding hydrogens is 162 g/mol. The van der Waals surface area contributed by atoms with Crippen molar-refractivity contribution in [2.24, 2.45) is 0 Å². The highest BCUT2D eigenvalue weighted by Gasteiger charge is 2.04. The number of quaternary nitrogens is 1. The second-order valence-corrected chi connectivity index (χ2v) is 2.88. The van der Waals surface area contributed by atoms with Crippen molar-refractivity contribution in [2.45, 2.75) is 12.6 Å². The Labute approximate surface area is 78.6 Å². The molecule has 0 spiro atoms. The van der Waals surface area contributed by atoms with Crippen molar-refractivity contribution in [1.29, 1.82) is 0 Å². The number of hydrogen-bond donors (Lipinski definition) is 2. The van der Waals surface area contributed by atoms with Gasteiger partial charge in [-0.05, 0) is 5.92 Å². The van der Waals surface area contributed by atoms with Gasteiger partial charge in [-0.25, -0.2) is 0 Å². The van der Waals surface area contributed by atoms with Crippen LogP contribution < -0.4 is 5.32 Å². The minimum atomic E-state index is -0.125. The quantitative estimate of drug-likeness (QED) is 0.610. The highest BCUT2D eigenvalue weighted by Crippen LogP contribution is 1.94. The van der Waals surface area contributed by atoms with Gasteiger partial charge in [0.15, 0.2) is 6.04 Å². The van der Waals surface area contributed by atoms with Crippen molar-refractivity contribution in [2.75, 3.05) is 6.61 Å². The van der Waals surface area contributed by atoms with Crippen LogP contribution in [0.3, 0.4) is 0 Å². The Morgan fingerprint density at radius 2 is 2.08 bits per heavy atom. The van der Waals surface area contributed by atoms with Crippen molar-refractivity contribution < 1.29 is 10.4 Å². The van der Waals surface area contributed by atoms with E-state index in [1.807, 2.05) is 35.6 Å². The summed E-state index contributed by atoms with van der Waals surface area (Å²) >= 11 is 0. The molecule has 0 aromatic heterocycles. The third-order valence-corrected chi connectivity index (χ3v) is 1.89. The molecule has 0 aliphatic carbocycles. The molecule has 0 saturated heterocycles. The normalized spacial score (nSPS) is 12.0. The molecule has 1 aromatic rings. The second-order valence-electron chi connectivity index (χ2n) is 2.88. The maximum atomic E-state index is 8.83. The van der Waals surface area contributed by atoms with Gasteiger partial charge < -0.3 is 10.4 Å². The zero-order valence-electron chi connectivity index (χ0n) is 7.48. The number of nitrogens with two attached hydrogens (primary N) is 1. The van der Waals surface area contributed by atoms with Crippen LogP contribution in [0.25, 0.3) is 0 Å². The van der Waals surface area contributed by atoms with Gasteiger partial charge >= 0.3 is 0 Å². The Bertz CT molecular complexity index is 276. The van der Waals surface area contributed by atoms with Crippen molar-refractivity contribution in [3.05, 3.63) is 35.9 Å². The SMILES string of the molecule is C#C[C@H](CO)[NH2+]Cc1ccccc1. The topological polar surface area (TPSA) is 36.8 Å². The summed E-state index contributed by atoms with van der Waals surface area (Å²) in [6.45, 7) is 0.847. The summed E-state index contributed by atoms with van der Waals surface area (Å²) in [5.41, 5.74) is 1.22. The first kappa shape index (κ1) is 9.79. The van der Waals surface area contributed by atoms with Crippen molar-refractivity contribution in [3.63, 3.8) is 0 Å². The maximum absolute atomic E-state index is 8.83. The van der Waals surface area contributed by atoms with Gasteiger partial charge in [-0.15, -0.1) is 6.42 Å². The third kappa shape index (κ3) is 3.29. The zero-order chi connectivity index (χ0) is 9.52. The van der Waals surface area contributed by atoms with Gasteiger partial charge in [0.2, 0.25) is 0 Å². The highest BCUT2D eigenvalue weighted by molar-refractivity contribution is 5.13. The average molecular weight is 176 g/mol. The molecule has 13 heavy (non-hydrogen) atoms. The van der Waals surface area contributed by atoms with Crippen LogP contribution in [0.5, 0.6) is 0 Å². The molecule has 0 amide bonds. The summed E-state index contributed by atoms with van der Waals surface area (Å²) in [6.07, 6.45) is 5.21. The predicted molar refractivity (Wildman–Crippen MR) is 51.8 cm³/mol. The highest BCUT2D eigenvalue weighted by atomic mass is 16.3. The van der Waals surface area contributed by atoms with Crippen LogP contribution in [0.1, 0.15) is 5.56 Å². The van der Waals surface area contributed by atoms with Crippen LogP contribution in [-0.4, -0.2) is 17.8 Å². The Kier molecular flexibility index (Phi) is 4.04. The Balaban J connectivity index is 2.40. The molecule has 0 saturated carbocycles. The minimum Gasteiger partial charge on any atom is -0.389 e. The Hall–Kier alpha value is -1.30. The van der Waals surface area contributed by atoms with Crippen LogP contribution in [0.4, 0.5) is 0 Å². The summed E-state index contributed by atoms with van der Waals surface area (Å²) in [5, 5.41) is 10.8. The third-order valence-electron chi connectivity index (χ3n) is 1.89. The van der Waals surface area contributed by atoms with Crippen molar-refractivity contribution in [3.8, 4) is 12.3 Å². The molecule has 0 fully saturated rings. The molecule has 0 heterocycles. The van der Waals surface area contributed by atoms with Gasteiger partial charge in [0.1, 0.15) is 13.2 Å². The molecule has 0 bridgehead atoms. The van der Waals surface area contributed by atoms with E-state index >= 15 is 0 Å². The molecule has 3 N–H and O–H groups in total. The van der Waals surface area contributed by atoms with Crippen molar-refractivity contribution in [1.82, 2.24) is 0 Å². The van der Waals surface area contributed by atoms with E-state index in [0.29, 0.717) is 0 Å². The summed E-state index contributed by atoms with van der Waals surface area (Å²) in [6, 6.07) is 9.93. The predicted octanol–water partition coefficient (Wildman–Crippen LogP) is -0.256. The number of hydrogen-bond acceptors (Lipinski definition) is 1. The molecule has 0 radical (unpaired) electrons. The summed E-state index contributed by atoms with van der Waals surface area (Å²) in [5.74, 6) is 2.52. The molecule has 0 aliphatic heterocycles. The van der Waals surface area contributed by atoms with Gasteiger partial charge in [-0.3, -0.25) is 0 Å². The summed E-state index contributed by atoms with van der Waals surface area (Å²) in [4.78, 5) is 0. The van der Waals surface area contributed by atoms with Crippen LogP contribution in [0.15, 0.2) is 30.3 Å². The molecule has 1 aromatic carbocycles. The van der Waals surface area contributed by atoms with E-state index in [9.17, 15) is 0 Å². The smallest absolute Gasteiger partial charge is 0.171 e. The van der Waals surface area contributed by atoms with Gasteiger partial charge in [0.05, 0.1) is 0 Å². The van der Waals surface area contributed by atoms with E-state index in [1.165, 1.54) is 5.56 Å². The fourth-order valence-electron chi connectivity index (χ4n) is 1.09. The molecule has 1 rings (SSSR count). The van der Waals surface area contributed by atoms with E-state index < -0.39 is 0 Å². The van der Waals surface area contributed by atoms with Crippen LogP contribution in [0.2, 0.25) is 0 Å². The number of aliphatic hydroxyl groups is 1. The molecule has 2 heteroatoms. The monoisotopic (exact) mass is 176 g/mol. The minimum absolute atomic E-state index is 0.0311. The molecule has 0 unspecified atom stereocenters. The molecular formula is C11H14NO+. The van der Waals surface area contributed by atoms with Gasteiger partial charge in [0.25, 0.3) is 0 Å². The van der Waals surface area contributed by atoms with Gasteiger partial charge in [-0.1, -0.05) is 30.3 Å². The lowest BCUT2D eigenvalue weighted by Gasteiger charge is -2.05. The first-order valence-electron chi connectivity index (χ1n) is 4.31. The largest absolute Gasteiger partial charge is 0.389 e. The van der Waals surface area contributed by atoms with E-state index in [2.05, 4.69) is 5.92 Å².